The van der Waals surface area contributed by atoms with Crippen molar-refractivity contribution in [3.63, 3.8) is 0 Å². The fourth-order valence-electron chi connectivity index (χ4n) is 3.32. The van der Waals surface area contributed by atoms with E-state index < -0.39 is 0 Å². The SMILES string of the molecule is CCN1CCC(NC(C)(C)CC(C)(C)C)CC1. The normalized spacial score (nSPS) is 20.8. The van der Waals surface area contributed by atoms with Crippen LogP contribution in [0.5, 0.6) is 0 Å². The summed E-state index contributed by atoms with van der Waals surface area (Å²) in [6.07, 6.45) is 3.84. The van der Waals surface area contributed by atoms with E-state index >= 15 is 0 Å². The number of piperidine rings is 1. The minimum atomic E-state index is 0.261. The Labute approximate surface area is 108 Å². The van der Waals surface area contributed by atoms with Gasteiger partial charge in [0.15, 0.2) is 0 Å². The Morgan fingerprint density at radius 3 is 2.00 bits per heavy atom. The van der Waals surface area contributed by atoms with Gasteiger partial charge in [0.2, 0.25) is 0 Å². The van der Waals surface area contributed by atoms with Gasteiger partial charge in [-0.25, -0.2) is 0 Å². The highest BCUT2D eigenvalue weighted by molar-refractivity contribution is 4.88. The molecule has 0 aliphatic carbocycles. The topological polar surface area (TPSA) is 15.3 Å². The van der Waals surface area contributed by atoms with Crippen molar-refractivity contribution in [2.75, 3.05) is 19.6 Å². The van der Waals surface area contributed by atoms with Crippen molar-refractivity contribution >= 4 is 0 Å². The van der Waals surface area contributed by atoms with Crippen LogP contribution in [0.4, 0.5) is 0 Å². The highest BCUT2D eigenvalue weighted by atomic mass is 15.1. The van der Waals surface area contributed by atoms with Gasteiger partial charge in [-0.05, 0) is 58.2 Å². The van der Waals surface area contributed by atoms with Crippen molar-refractivity contribution in [1.29, 1.82) is 0 Å². The lowest BCUT2D eigenvalue weighted by Gasteiger charge is -2.40. The highest BCUT2D eigenvalue weighted by Crippen LogP contribution is 2.28. The van der Waals surface area contributed by atoms with Crippen LogP contribution in [0.2, 0.25) is 0 Å². The standard InChI is InChI=1S/C15H32N2/c1-7-17-10-8-13(9-11-17)16-15(5,6)12-14(2,3)4/h13,16H,7-12H2,1-6H3. The van der Waals surface area contributed by atoms with E-state index in [1.165, 1.54) is 38.9 Å². The van der Waals surface area contributed by atoms with Crippen LogP contribution in [-0.2, 0) is 0 Å². The first-order chi connectivity index (χ1) is 7.72. The first-order valence-corrected chi connectivity index (χ1v) is 7.22. The van der Waals surface area contributed by atoms with Crippen LogP contribution >= 0.6 is 0 Å². The molecule has 0 saturated carbocycles. The molecule has 0 unspecified atom stereocenters. The summed E-state index contributed by atoms with van der Waals surface area (Å²) < 4.78 is 0. The number of nitrogens with zero attached hydrogens (tertiary/aromatic N) is 1. The van der Waals surface area contributed by atoms with E-state index in [0.717, 1.165) is 6.04 Å². The Morgan fingerprint density at radius 2 is 1.59 bits per heavy atom. The zero-order valence-corrected chi connectivity index (χ0v) is 12.8. The molecule has 1 rings (SSSR count). The van der Waals surface area contributed by atoms with Gasteiger partial charge in [-0.2, -0.15) is 0 Å². The molecule has 0 aromatic rings. The predicted molar refractivity (Wildman–Crippen MR) is 76.4 cm³/mol. The summed E-state index contributed by atoms with van der Waals surface area (Å²) in [4.78, 5) is 2.55. The maximum Gasteiger partial charge on any atom is 0.0132 e. The average Bonchev–Trinajstić information content (AvgIpc) is 2.14. The number of rotatable bonds is 4. The van der Waals surface area contributed by atoms with E-state index in [0.29, 0.717) is 5.41 Å². The second-order valence-corrected chi connectivity index (χ2v) is 7.47. The van der Waals surface area contributed by atoms with E-state index in [9.17, 15) is 0 Å². The molecule has 2 nitrogen and oxygen atoms in total. The second-order valence-electron chi connectivity index (χ2n) is 7.47. The third-order valence-corrected chi connectivity index (χ3v) is 3.60. The van der Waals surface area contributed by atoms with Gasteiger partial charge in [-0.1, -0.05) is 27.7 Å². The van der Waals surface area contributed by atoms with Gasteiger partial charge in [-0.3, -0.25) is 0 Å². The summed E-state index contributed by atoms with van der Waals surface area (Å²) in [5, 5.41) is 3.87. The van der Waals surface area contributed by atoms with Gasteiger partial charge < -0.3 is 10.2 Å². The van der Waals surface area contributed by atoms with Crippen molar-refractivity contribution < 1.29 is 0 Å². The Morgan fingerprint density at radius 1 is 1.06 bits per heavy atom. The number of hydrogen-bond donors (Lipinski definition) is 1. The molecule has 1 saturated heterocycles. The lowest BCUT2D eigenvalue weighted by molar-refractivity contribution is 0.162. The molecular formula is C15H32N2. The maximum absolute atomic E-state index is 3.87. The Kier molecular flexibility index (Phi) is 5.03. The average molecular weight is 240 g/mol. The lowest BCUT2D eigenvalue weighted by atomic mass is 9.81. The molecule has 102 valence electrons. The van der Waals surface area contributed by atoms with Gasteiger partial charge in [0.25, 0.3) is 0 Å². The molecule has 0 atom stereocenters. The van der Waals surface area contributed by atoms with Crippen molar-refractivity contribution in [2.45, 2.75) is 72.4 Å². The van der Waals surface area contributed by atoms with Crippen LogP contribution in [0.25, 0.3) is 0 Å². The van der Waals surface area contributed by atoms with Gasteiger partial charge in [0, 0.05) is 11.6 Å². The maximum atomic E-state index is 3.87. The second kappa shape index (κ2) is 5.71. The molecule has 1 fully saturated rings. The first kappa shape index (κ1) is 15.0. The van der Waals surface area contributed by atoms with Gasteiger partial charge in [0.1, 0.15) is 0 Å². The van der Waals surface area contributed by atoms with E-state index in [-0.39, 0.29) is 5.54 Å². The number of hydrogen-bond acceptors (Lipinski definition) is 2. The quantitative estimate of drug-likeness (QED) is 0.811. The van der Waals surface area contributed by atoms with Crippen molar-refractivity contribution in [1.82, 2.24) is 10.2 Å². The van der Waals surface area contributed by atoms with E-state index in [4.69, 9.17) is 0 Å². The van der Waals surface area contributed by atoms with Crippen LogP contribution in [-0.4, -0.2) is 36.1 Å². The van der Waals surface area contributed by atoms with Gasteiger partial charge in [-0.15, -0.1) is 0 Å². The largest absolute Gasteiger partial charge is 0.309 e. The summed E-state index contributed by atoms with van der Waals surface area (Å²) >= 11 is 0. The summed E-state index contributed by atoms with van der Waals surface area (Å²) in [7, 11) is 0. The Bertz CT molecular complexity index is 220. The van der Waals surface area contributed by atoms with Crippen LogP contribution in [0.15, 0.2) is 0 Å². The van der Waals surface area contributed by atoms with Gasteiger partial charge >= 0.3 is 0 Å². The zero-order chi connectivity index (χ0) is 13.1. The monoisotopic (exact) mass is 240 g/mol. The first-order valence-electron chi connectivity index (χ1n) is 7.22. The number of nitrogens with one attached hydrogen (secondary N) is 1. The zero-order valence-electron chi connectivity index (χ0n) is 12.8. The third-order valence-electron chi connectivity index (χ3n) is 3.60. The van der Waals surface area contributed by atoms with Crippen molar-refractivity contribution in [3.8, 4) is 0 Å². The van der Waals surface area contributed by atoms with Crippen LogP contribution in [0, 0.1) is 5.41 Å². The molecule has 17 heavy (non-hydrogen) atoms. The molecule has 0 spiro atoms. The molecule has 1 aliphatic rings. The van der Waals surface area contributed by atoms with E-state index in [2.05, 4.69) is 51.8 Å². The molecule has 0 aromatic carbocycles. The molecule has 0 radical (unpaired) electrons. The van der Waals surface area contributed by atoms with E-state index in [1.54, 1.807) is 0 Å². The molecule has 2 heteroatoms. The van der Waals surface area contributed by atoms with Crippen molar-refractivity contribution in [2.24, 2.45) is 5.41 Å². The molecular weight excluding hydrogens is 208 g/mol. The minimum absolute atomic E-state index is 0.261. The molecule has 1 N–H and O–H groups in total. The molecule has 0 aromatic heterocycles. The highest BCUT2D eigenvalue weighted by Gasteiger charge is 2.29. The summed E-state index contributed by atoms with van der Waals surface area (Å²) in [6, 6.07) is 0.718. The summed E-state index contributed by atoms with van der Waals surface area (Å²) in [5.74, 6) is 0. The molecule has 0 bridgehead atoms. The van der Waals surface area contributed by atoms with Crippen LogP contribution in [0.1, 0.15) is 60.8 Å². The third kappa shape index (κ3) is 5.87. The number of likely N-dealkylation sites (tertiary alicyclic amines) is 1. The Hall–Kier alpha value is -0.0800. The van der Waals surface area contributed by atoms with Crippen LogP contribution in [0.3, 0.4) is 0 Å². The summed E-state index contributed by atoms with van der Waals surface area (Å²) in [5.41, 5.74) is 0.665. The van der Waals surface area contributed by atoms with Crippen molar-refractivity contribution in [3.05, 3.63) is 0 Å². The lowest BCUT2D eigenvalue weighted by Crippen LogP contribution is -2.51. The van der Waals surface area contributed by atoms with Gasteiger partial charge in [0.05, 0.1) is 0 Å². The minimum Gasteiger partial charge on any atom is -0.309 e. The van der Waals surface area contributed by atoms with E-state index in [1.807, 2.05) is 0 Å². The molecule has 0 amide bonds. The summed E-state index contributed by atoms with van der Waals surface area (Å²) in [6.45, 7) is 17.7. The Balaban J connectivity index is 2.38. The smallest absolute Gasteiger partial charge is 0.0132 e. The fraction of sp³-hybridized carbons (Fsp3) is 1.00. The predicted octanol–water partition coefficient (Wildman–Crippen LogP) is 3.28. The molecule has 1 heterocycles. The molecule has 1 aliphatic heterocycles. The van der Waals surface area contributed by atoms with Crippen LogP contribution < -0.4 is 5.32 Å². The fourth-order valence-corrected chi connectivity index (χ4v) is 3.32.